The average Bonchev–Trinajstić information content (AvgIpc) is 3.19. The minimum Gasteiger partial charge on any atom is -0.338 e. The number of aromatic nitrogens is 2. The molecule has 0 radical (unpaired) electrons. The first-order valence-corrected chi connectivity index (χ1v) is 7.94. The fourth-order valence-corrected chi connectivity index (χ4v) is 2.47. The van der Waals surface area contributed by atoms with Crippen molar-refractivity contribution in [1.29, 1.82) is 0 Å². The number of amides is 2. The average molecular weight is 314 g/mol. The van der Waals surface area contributed by atoms with Crippen molar-refractivity contribution in [2.45, 2.75) is 39.0 Å². The molecule has 1 aromatic heterocycles. The van der Waals surface area contributed by atoms with Crippen LogP contribution in [-0.4, -0.2) is 34.2 Å². The third-order valence-electron chi connectivity index (χ3n) is 3.86. The van der Waals surface area contributed by atoms with Crippen molar-refractivity contribution in [2.24, 2.45) is 0 Å². The zero-order valence-corrected chi connectivity index (χ0v) is 13.8. The van der Waals surface area contributed by atoms with Crippen molar-refractivity contribution < 1.29 is 9.32 Å². The molecule has 23 heavy (non-hydrogen) atoms. The van der Waals surface area contributed by atoms with Gasteiger partial charge < -0.3 is 14.7 Å². The first kappa shape index (κ1) is 15.5. The summed E-state index contributed by atoms with van der Waals surface area (Å²) >= 11 is 0. The van der Waals surface area contributed by atoms with Crippen LogP contribution in [0.15, 0.2) is 28.8 Å². The van der Waals surface area contributed by atoms with Crippen molar-refractivity contribution >= 4 is 11.7 Å². The van der Waals surface area contributed by atoms with Crippen LogP contribution in [-0.2, 0) is 5.41 Å². The first-order chi connectivity index (χ1) is 10.9. The summed E-state index contributed by atoms with van der Waals surface area (Å²) < 4.78 is 5.31. The third kappa shape index (κ3) is 3.52. The molecule has 0 atom stereocenters. The van der Waals surface area contributed by atoms with Crippen molar-refractivity contribution in [1.82, 2.24) is 15.0 Å². The summed E-state index contributed by atoms with van der Waals surface area (Å²) in [6, 6.07) is 7.45. The Bertz CT molecular complexity index is 679. The molecule has 2 amide bonds. The minimum atomic E-state index is -0.172. The number of urea groups is 1. The second-order valence-corrected chi connectivity index (χ2v) is 6.87. The van der Waals surface area contributed by atoms with Gasteiger partial charge >= 0.3 is 6.03 Å². The summed E-state index contributed by atoms with van der Waals surface area (Å²) in [5, 5.41) is 6.94. The van der Waals surface area contributed by atoms with Crippen LogP contribution in [0.1, 0.15) is 39.5 Å². The summed E-state index contributed by atoms with van der Waals surface area (Å²) in [5.74, 6) is 1.17. The maximum Gasteiger partial charge on any atom is 0.321 e. The number of carbonyl (C=O) groups is 1. The van der Waals surface area contributed by atoms with Gasteiger partial charge in [-0.05, 0) is 37.1 Å². The molecule has 1 fully saturated rings. The van der Waals surface area contributed by atoms with Gasteiger partial charge in [-0.25, -0.2) is 4.79 Å². The van der Waals surface area contributed by atoms with Gasteiger partial charge in [0.15, 0.2) is 0 Å². The van der Waals surface area contributed by atoms with E-state index >= 15 is 0 Å². The van der Waals surface area contributed by atoms with Crippen LogP contribution >= 0.6 is 0 Å². The van der Waals surface area contributed by atoms with E-state index in [9.17, 15) is 4.79 Å². The molecule has 0 aliphatic carbocycles. The van der Waals surface area contributed by atoms with Gasteiger partial charge in [0.1, 0.15) is 0 Å². The molecule has 6 nitrogen and oxygen atoms in total. The number of benzene rings is 1. The molecular formula is C17H22N4O2. The van der Waals surface area contributed by atoms with Gasteiger partial charge in [-0.3, -0.25) is 0 Å². The molecule has 0 spiro atoms. The van der Waals surface area contributed by atoms with E-state index in [1.807, 2.05) is 49.9 Å². The summed E-state index contributed by atoms with van der Waals surface area (Å²) in [7, 11) is 0. The second kappa shape index (κ2) is 6.02. The Kier molecular flexibility index (Phi) is 4.07. The lowest BCUT2D eigenvalue weighted by Crippen LogP contribution is -2.32. The maximum atomic E-state index is 12.1. The Morgan fingerprint density at radius 1 is 1.17 bits per heavy atom. The molecule has 1 saturated heterocycles. The zero-order valence-electron chi connectivity index (χ0n) is 13.8. The van der Waals surface area contributed by atoms with E-state index in [4.69, 9.17) is 4.52 Å². The molecule has 6 heteroatoms. The number of anilines is 1. The van der Waals surface area contributed by atoms with Crippen LogP contribution in [0.3, 0.4) is 0 Å². The lowest BCUT2D eigenvalue weighted by atomic mass is 9.97. The summed E-state index contributed by atoms with van der Waals surface area (Å²) in [6.45, 7) is 7.76. The minimum absolute atomic E-state index is 0.0372. The summed E-state index contributed by atoms with van der Waals surface area (Å²) in [5.41, 5.74) is 1.46. The van der Waals surface area contributed by atoms with E-state index < -0.39 is 0 Å². The number of likely N-dealkylation sites (tertiary alicyclic amines) is 1. The van der Waals surface area contributed by atoms with Crippen molar-refractivity contribution in [3.05, 3.63) is 30.2 Å². The van der Waals surface area contributed by atoms with E-state index in [1.165, 1.54) is 0 Å². The van der Waals surface area contributed by atoms with E-state index in [-0.39, 0.29) is 11.4 Å². The lowest BCUT2D eigenvalue weighted by Gasteiger charge is -2.16. The van der Waals surface area contributed by atoms with Gasteiger partial charge in [0.05, 0.1) is 0 Å². The lowest BCUT2D eigenvalue weighted by molar-refractivity contribution is 0.222. The van der Waals surface area contributed by atoms with Crippen molar-refractivity contribution in [3.8, 4) is 11.4 Å². The fraction of sp³-hybridized carbons (Fsp3) is 0.471. The highest BCUT2D eigenvalue weighted by Gasteiger charge is 2.22. The number of carbonyl (C=O) groups excluding carboxylic acids is 1. The Balaban J connectivity index is 1.69. The van der Waals surface area contributed by atoms with Gasteiger partial charge in [0, 0.05) is 29.8 Å². The van der Waals surface area contributed by atoms with E-state index in [2.05, 4.69) is 15.5 Å². The maximum absolute atomic E-state index is 12.1. The highest BCUT2D eigenvalue weighted by Crippen LogP contribution is 2.24. The second-order valence-electron chi connectivity index (χ2n) is 6.87. The topological polar surface area (TPSA) is 71.3 Å². The fourth-order valence-electron chi connectivity index (χ4n) is 2.47. The Hall–Kier alpha value is -2.37. The number of nitrogens with zero attached hydrogens (tertiary/aromatic N) is 3. The first-order valence-electron chi connectivity index (χ1n) is 7.94. The number of hydrogen-bond acceptors (Lipinski definition) is 4. The molecule has 122 valence electrons. The molecule has 2 aromatic rings. The smallest absolute Gasteiger partial charge is 0.321 e. The zero-order chi connectivity index (χ0) is 16.4. The predicted molar refractivity (Wildman–Crippen MR) is 88.3 cm³/mol. The summed E-state index contributed by atoms with van der Waals surface area (Å²) in [4.78, 5) is 18.3. The van der Waals surface area contributed by atoms with Gasteiger partial charge in [0.2, 0.25) is 11.7 Å². The summed E-state index contributed by atoms with van der Waals surface area (Å²) in [6.07, 6.45) is 2.17. The molecule has 1 N–H and O–H groups in total. The largest absolute Gasteiger partial charge is 0.338 e. The Morgan fingerprint density at radius 3 is 2.39 bits per heavy atom. The highest BCUT2D eigenvalue weighted by molar-refractivity contribution is 5.89. The van der Waals surface area contributed by atoms with E-state index in [0.717, 1.165) is 37.2 Å². The molecule has 1 aromatic carbocycles. The predicted octanol–water partition coefficient (Wildman–Crippen LogP) is 3.66. The van der Waals surface area contributed by atoms with Gasteiger partial charge in [0.25, 0.3) is 0 Å². The molecule has 1 aliphatic rings. The molecule has 0 unspecified atom stereocenters. The standard InChI is InChI=1S/C17H22N4O2/c1-17(2,3)15-19-14(20-23-15)12-6-8-13(9-7-12)18-16(22)21-10-4-5-11-21/h6-9H,4-5,10-11H2,1-3H3,(H,18,22). The molecule has 1 aliphatic heterocycles. The monoisotopic (exact) mass is 314 g/mol. The third-order valence-corrected chi connectivity index (χ3v) is 3.86. The quantitative estimate of drug-likeness (QED) is 0.918. The molecule has 3 rings (SSSR count). The van der Waals surface area contributed by atoms with Crippen molar-refractivity contribution in [3.63, 3.8) is 0 Å². The highest BCUT2D eigenvalue weighted by atomic mass is 16.5. The number of hydrogen-bond donors (Lipinski definition) is 1. The Morgan fingerprint density at radius 2 is 1.83 bits per heavy atom. The van der Waals surface area contributed by atoms with Crippen LogP contribution < -0.4 is 5.32 Å². The molecule has 0 bridgehead atoms. The molecule has 2 heterocycles. The van der Waals surface area contributed by atoms with Crippen LogP contribution in [0.25, 0.3) is 11.4 Å². The van der Waals surface area contributed by atoms with Gasteiger partial charge in [-0.2, -0.15) is 4.98 Å². The van der Waals surface area contributed by atoms with E-state index in [1.54, 1.807) is 0 Å². The van der Waals surface area contributed by atoms with Crippen LogP contribution in [0.5, 0.6) is 0 Å². The van der Waals surface area contributed by atoms with E-state index in [0.29, 0.717) is 11.7 Å². The van der Waals surface area contributed by atoms with Gasteiger partial charge in [-0.1, -0.05) is 25.9 Å². The van der Waals surface area contributed by atoms with Crippen LogP contribution in [0.4, 0.5) is 10.5 Å². The normalized spacial score (nSPS) is 15.0. The van der Waals surface area contributed by atoms with Gasteiger partial charge in [-0.15, -0.1) is 0 Å². The van der Waals surface area contributed by atoms with Crippen LogP contribution in [0, 0.1) is 0 Å². The number of nitrogens with one attached hydrogen (secondary N) is 1. The number of rotatable bonds is 2. The molecular weight excluding hydrogens is 292 g/mol. The Labute approximate surface area is 135 Å². The SMILES string of the molecule is CC(C)(C)c1nc(-c2ccc(NC(=O)N3CCCC3)cc2)no1. The van der Waals surface area contributed by atoms with Crippen molar-refractivity contribution in [2.75, 3.05) is 18.4 Å². The molecule has 0 saturated carbocycles. The van der Waals surface area contributed by atoms with Crippen LogP contribution in [0.2, 0.25) is 0 Å².